The molecule has 0 fully saturated rings. The van der Waals surface area contributed by atoms with Crippen LogP contribution in [-0.4, -0.2) is 17.4 Å². The number of para-hydroxylation sites is 1. The van der Waals surface area contributed by atoms with Crippen molar-refractivity contribution in [2.45, 2.75) is 24.0 Å². The van der Waals surface area contributed by atoms with Gasteiger partial charge in [-0.1, -0.05) is 25.1 Å². The topological polar surface area (TPSA) is 46.2 Å². The van der Waals surface area contributed by atoms with Gasteiger partial charge in [0.2, 0.25) is 0 Å². The fraction of sp³-hybridized carbons (Fsp3) is 0.250. The lowest BCUT2D eigenvalue weighted by Crippen LogP contribution is -2.11. The first-order chi connectivity index (χ1) is 10.2. The summed E-state index contributed by atoms with van der Waals surface area (Å²) in [5, 5.41) is 2.95. The van der Waals surface area contributed by atoms with Crippen molar-refractivity contribution in [1.82, 2.24) is 0 Å². The quantitative estimate of drug-likeness (QED) is 0.921. The fourth-order valence-corrected chi connectivity index (χ4v) is 4.65. The van der Waals surface area contributed by atoms with Crippen LogP contribution in [0.2, 0.25) is 0 Å². The molecule has 0 radical (unpaired) electrons. The highest BCUT2D eigenvalue weighted by Crippen LogP contribution is 2.37. The van der Waals surface area contributed by atoms with Gasteiger partial charge in [0, 0.05) is 23.4 Å². The van der Waals surface area contributed by atoms with Crippen molar-refractivity contribution in [2.75, 3.05) is 11.1 Å². The van der Waals surface area contributed by atoms with E-state index in [1.807, 2.05) is 24.3 Å². The van der Waals surface area contributed by atoms with E-state index in [9.17, 15) is 9.59 Å². The summed E-state index contributed by atoms with van der Waals surface area (Å²) in [5.41, 5.74) is 2.66. The smallest absolute Gasteiger partial charge is 0.265 e. The third-order valence-corrected chi connectivity index (χ3v) is 5.85. The van der Waals surface area contributed by atoms with Gasteiger partial charge >= 0.3 is 0 Å². The summed E-state index contributed by atoms with van der Waals surface area (Å²) in [6.07, 6.45) is 1.43. The normalized spacial score (nSPS) is 13.9. The van der Waals surface area contributed by atoms with Gasteiger partial charge in [-0.3, -0.25) is 9.59 Å². The van der Waals surface area contributed by atoms with E-state index < -0.39 is 0 Å². The third kappa shape index (κ3) is 2.89. The Labute approximate surface area is 131 Å². The summed E-state index contributed by atoms with van der Waals surface area (Å²) in [6, 6.07) is 9.53. The second kappa shape index (κ2) is 6.03. The molecule has 0 atom stereocenters. The van der Waals surface area contributed by atoms with E-state index >= 15 is 0 Å². The number of rotatable bonds is 3. The van der Waals surface area contributed by atoms with Crippen molar-refractivity contribution in [2.24, 2.45) is 0 Å². The van der Waals surface area contributed by atoms with Crippen molar-refractivity contribution < 1.29 is 9.59 Å². The number of benzene rings is 1. The number of carbonyl (C=O) groups is 2. The zero-order chi connectivity index (χ0) is 14.8. The third-order valence-electron chi connectivity index (χ3n) is 3.43. The number of anilines is 1. The molecular formula is C16H15NO2S2. The molecule has 2 heterocycles. The molecule has 5 heteroatoms. The zero-order valence-electron chi connectivity index (χ0n) is 11.6. The Morgan fingerprint density at radius 2 is 2.14 bits per heavy atom. The molecule has 3 nitrogen and oxygen atoms in total. The van der Waals surface area contributed by atoms with Crippen LogP contribution in [0.15, 0.2) is 34.5 Å². The summed E-state index contributed by atoms with van der Waals surface area (Å²) in [5.74, 6) is 0.822. The predicted molar refractivity (Wildman–Crippen MR) is 87.8 cm³/mol. The lowest BCUT2D eigenvalue weighted by Gasteiger charge is -2.08. The Hall–Kier alpha value is -1.59. The Bertz CT molecular complexity index is 706. The molecule has 2 aromatic rings. The molecule has 1 aromatic carbocycles. The van der Waals surface area contributed by atoms with Crippen LogP contribution in [0.4, 0.5) is 5.69 Å². The molecule has 1 N–H and O–H groups in total. The summed E-state index contributed by atoms with van der Waals surface area (Å²) < 4.78 is 0.972. The Balaban J connectivity index is 1.84. The van der Waals surface area contributed by atoms with Crippen LogP contribution in [0.1, 0.15) is 38.9 Å². The number of carbonyl (C=O) groups excluding carboxylic acids is 2. The van der Waals surface area contributed by atoms with Crippen LogP contribution in [0.25, 0.3) is 0 Å². The maximum absolute atomic E-state index is 12.4. The highest BCUT2D eigenvalue weighted by Gasteiger charge is 2.23. The van der Waals surface area contributed by atoms with Crippen molar-refractivity contribution in [3.8, 4) is 0 Å². The van der Waals surface area contributed by atoms with E-state index in [4.69, 9.17) is 0 Å². The molecule has 108 valence electrons. The van der Waals surface area contributed by atoms with E-state index in [1.54, 1.807) is 17.8 Å². The van der Waals surface area contributed by atoms with Gasteiger partial charge in [0.1, 0.15) is 0 Å². The van der Waals surface area contributed by atoms with Gasteiger partial charge < -0.3 is 5.32 Å². The van der Waals surface area contributed by atoms with Crippen LogP contribution >= 0.6 is 23.1 Å². The van der Waals surface area contributed by atoms with Gasteiger partial charge in [0.15, 0.2) is 5.78 Å². The molecule has 0 saturated heterocycles. The highest BCUT2D eigenvalue weighted by atomic mass is 32.2. The van der Waals surface area contributed by atoms with Crippen LogP contribution < -0.4 is 5.32 Å². The van der Waals surface area contributed by atoms with Crippen LogP contribution in [-0.2, 0) is 6.42 Å². The number of hydrogen-bond acceptors (Lipinski definition) is 4. The Morgan fingerprint density at radius 3 is 2.90 bits per heavy atom. The van der Waals surface area contributed by atoms with Crippen LogP contribution in [0.3, 0.4) is 0 Å². The number of ketones is 1. The average molecular weight is 317 g/mol. The second-order valence-corrected chi connectivity index (χ2v) is 7.21. The Morgan fingerprint density at radius 1 is 1.33 bits per heavy atom. The van der Waals surface area contributed by atoms with E-state index in [-0.39, 0.29) is 11.7 Å². The standard InChI is InChI=1S/C16H15NO2S2/c1-2-10-5-3-4-6-12(10)17-15(19)14-9-11-13(18)7-8-20-16(11)21-14/h3-6,9H,2,7-8H2,1H3,(H,17,19). The minimum absolute atomic E-state index is 0.135. The summed E-state index contributed by atoms with van der Waals surface area (Å²) >= 11 is 3.07. The number of amides is 1. The van der Waals surface area contributed by atoms with Crippen molar-refractivity contribution in [3.63, 3.8) is 0 Å². The summed E-state index contributed by atoms with van der Waals surface area (Å²) in [4.78, 5) is 24.8. The van der Waals surface area contributed by atoms with E-state index in [1.165, 1.54) is 11.3 Å². The van der Waals surface area contributed by atoms with Crippen LogP contribution in [0, 0.1) is 0 Å². The number of Topliss-reactive ketones (excluding diaryl/α,β-unsaturated/α-hetero) is 1. The molecule has 1 aromatic heterocycles. The lowest BCUT2D eigenvalue weighted by atomic mass is 10.1. The van der Waals surface area contributed by atoms with Gasteiger partial charge in [-0.25, -0.2) is 0 Å². The molecule has 3 rings (SSSR count). The van der Waals surface area contributed by atoms with Gasteiger partial charge in [0.25, 0.3) is 5.91 Å². The number of nitrogens with one attached hydrogen (secondary N) is 1. The van der Waals surface area contributed by atoms with Crippen molar-refractivity contribution >= 4 is 40.5 Å². The SMILES string of the molecule is CCc1ccccc1NC(=O)c1cc2c(s1)SCCC2=O. The predicted octanol–water partition coefficient (Wildman–Crippen LogP) is 4.24. The number of fused-ring (bicyclic) bond motifs is 1. The van der Waals surface area contributed by atoms with E-state index in [0.29, 0.717) is 16.9 Å². The lowest BCUT2D eigenvalue weighted by molar-refractivity contribution is 0.0985. The second-order valence-electron chi connectivity index (χ2n) is 4.80. The molecule has 0 spiro atoms. The monoisotopic (exact) mass is 317 g/mol. The first-order valence-corrected chi connectivity index (χ1v) is 8.68. The minimum atomic E-state index is -0.135. The maximum Gasteiger partial charge on any atom is 0.265 e. The van der Waals surface area contributed by atoms with Crippen LogP contribution in [0.5, 0.6) is 0 Å². The first kappa shape index (κ1) is 14.4. The molecule has 0 bridgehead atoms. The largest absolute Gasteiger partial charge is 0.321 e. The molecular weight excluding hydrogens is 302 g/mol. The molecule has 0 aliphatic carbocycles. The first-order valence-electron chi connectivity index (χ1n) is 6.88. The van der Waals surface area contributed by atoms with Crippen molar-refractivity contribution in [3.05, 3.63) is 46.3 Å². The maximum atomic E-state index is 12.4. The summed E-state index contributed by atoms with van der Waals surface area (Å²) in [6.45, 7) is 2.06. The van der Waals surface area contributed by atoms with Gasteiger partial charge in [-0.05, 0) is 24.1 Å². The van der Waals surface area contributed by atoms with E-state index in [2.05, 4.69) is 12.2 Å². The highest BCUT2D eigenvalue weighted by molar-refractivity contribution is 8.01. The number of thioether (sulfide) groups is 1. The zero-order valence-corrected chi connectivity index (χ0v) is 13.3. The van der Waals surface area contributed by atoms with Gasteiger partial charge in [-0.2, -0.15) is 0 Å². The fourth-order valence-electron chi connectivity index (χ4n) is 2.29. The van der Waals surface area contributed by atoms with Gasteiger partial charge in [0.05, 0.1) is 9.09 Å². The van der Waals surface area contributed by atoms with Crippen molar-refractivity contribution in [1.29, 1.82) is 0 Å². The minimum Gasteiger partial charge on any atom is -0.321 e. The number of hydrogen-bond donors (Lipinski definition) is 1. The molecule has 1 amide bonds. The number of aryl methyl sites for hydroxylation is 1. The summed E-state index contributed by atoms with van der Waals surface area (Å²) in [7, 11) is 0. The molecule has 1 aliphatic heterocycles. The molecule has 1 aliphatic rings. The number of thiophene rings is 1. The molecule has 0 saturated carbocycles. The van der Waals surface area contributed by atoms with E-state index in [0.717, 1.165) is 27.6 Å². The Kier molecular flexibility index (Phi) is 4.12. The average Bonchev–Trinajstić information content (AvgIpc) is 2.93. The molecule has 21 heavy (non-hydrogen) atoms. The van der Waals surface area contributed by atoms with Gasteiger partial charge in [-0.15, -0.1) is 23.1 Å². The molecule has 0 unspecified atom stereocenters.